The summed E-state index contributed by atoms with van der Waals surface area (Å²) in [4.78, 5) is 13.9. The fourth-order valence-corrected chi connectivity index (χ4v) is 11.0. The van der Waals surface area contributed by atoms with Gasteiger partial charge < -0.3 is 10.0 Å². The number of nitrogens with one attached hydrogen (secondary N) is 1. The maximum atomic E-state index is 13.1. The number of sulfonamides is 2. The molecule has 2 aromatic carbocycles. The zero-order valence-corrected chi connectivity index (χ0v) is 31.0. The molecule has 0 aromatic heterocycles. The summed E-state index contributed by atoms with van der Waals surface area (Å²) < 4.78 is 56.4. The Labute approximate surface area is 300 Å². The fraction of sp³-hybridized carbons (Fsp3) is 0.618. The number of hydrogen-bond acceptors (Lipinski definition) is 6. The van der Waals surface area contributed by atoms with Gasteiger partial charge in [-0.1, -0.05) is 73.3 Å². The van der Waals surface area contributed by atoms with Crippen LogP contribution in [0.1, 0.15) is 83.5 Å². The minimum Gasteiger partial charge on any atom is -0.481 e. The monoisotopic (exact) mass is 761 g/mol. The molecule has 2 N–H and O–H groups in total. The van der Waals surface area contributed by atoms with Gasteiger partial charge in [0.2, 0.25) is 20.0 Å². The van der Waals surface area contributed by atoms with E-state index in [1.165, 1.54) is 43.5 Å². The molecule has 266 valence electrons. The van der Waals surface area contributed by atoms with Crippen LogP contribution in [-0.4, -0.2) is 64.4 Å². The van der Waals surface area contributed by atoms with Gasteiger partial charge in [0.1, 0.15) is 0 Å². The quantitative estimate of drug-likeness (QED) is 0.199. The number of hydrogen-bond donors (Lipinski definition) is 2. The van der Waals surface area contributed by atoms with E-state index in [0.717, 1.165) is 57.3 Å². The van der Waals surface area contributed by atoms with Crippen LogP contribution in [0, 0.1) is 17.8 Å². The summed E-state index contributed by atoms with van der Waals surface area (Å²) >= 11 is 18.6. The maximum absolute atomic E-state index is 13.1. The molecule has 2 unspecified atom stereocenters. The average Bonchev–Trinajstić information content (AvgIpc) is 3.06. The number of unbranched alkanes of at least 4 members (excludes halogenated alkanes) is 2. The third-order valence-electron chi connectivity index (χ3n) is 10.4. The molecule has 14 heteroatoms. The Kier molecular flexibility index (Phi) is 13.0. The van der Waals surface area contributed by atoms with Gasteiger partial charge in [-0.25, -0.2) is 21.6 Å². The van der Waals surface area contributed by atoms with Crippen molar-refractivity contribution < 1.29 is 26.7 Å². The Morgan fingerprint density at radius 1 is 0.750 bits per heavy atom. The van der Waals surface area contributed by atoms with Crippen LogP contribution in [0.4, 0.5) is 5.69 Å². The number of carboxylic acid groups (broad SMARTS) is 1. The lowest BCUT2D eigenvalue weighted by Crippen LogP contribution is -2.40. The van der Waals surface area contributed by atoms with Crippen LogP contribution in [0.15, 0.2) is 46.2 Å². The van der Waals surface area contributed by atoms with Gasteiger partial charge >= 0.3 is 5.97 Å². The van der Waals surface area contributed by atoms with Crippen molar-refractivity contribution in [2.24, 2.45) is 17.8 Å². The first-order valence-electron chi connectivity index (χ1n) is 17.1. The molecule has 1 aliphatic carbocycles. The standard InChI is InChI=1S/C34H46Cl3N3O6S2/c35-30-11-9-29(23-31(30)36)48(45,46)40-19-15-25(16-20-40)6-3-1-2-5-24-13-17-39(18-14-24)33-12-10-28(22-32(33)37)47(43,44)38-27-8-4-7-26(21-27)34(41)42/h9-12,22-27,38H,1-8,13-21H2,(H,41,42). The van der Waals surface area contributed by atoms with E-state index in [1.807, 2.05) is 0 Å². The highest BCUT2D eigenvalue weighted by molar-refractivity contribution is 7.89. The molecular formula is C34H46Cl3N3O6S2. The molecule has 2 aliphatic heterocycles. The van der Waals surface area contributed by atoms with E-state index in [2.05, 4.69) is 9.62 Å². The molecule has 2 heterocycles. The Hall–Kier alpha value is -1.60. The molecule has 0 radical (unpaired) electrons. The number of rotatable bonds is 13. The Morgan fingerprint density at radius 2 is 1.35 bits per heavy atom. The highest BCUT2D eigenvalue weighted by Gasteiger charge is 2.32. The van der Waals surface area contributed by atoms with E-state index in [-0.39, 0.29) is 14.8 Å². The van der Waals surface area contributed by atoms with Crippen LogP contribution in [-0.2, 0) is 24.8 Å². The second-order valence-corrected chi connectivity index (χ2v) is 18.5. The van der Waals surface area contributed by atoms with E-state index >= 15 is 0 Å². The van der Waals surface area contributed by atoms with Crippen LogP contribution >= 0.6 is 34.8 Å². The van der Waals surface area contributed by atoms with E-state index in [1.54, 1.807) is 16.4 Å². The second-order valence-electron chi connectivity index (χ2n) is 13.6. The maximum Gasteiger partial charge on any atom is 0.306 e. The molecule has 2 aromatic rings. The molecular weight excluding hydrogens is 717 g/mol. The molecule has 3 fully saturated rings. The lowest BCUT2D eigenvalue weighted by atomic mass is 9.86. The summed E-state index contributed by atoms with van der Waals surface area (Å²) in [5.74, 6) is -0.193. The number of carboxylic acids is 1. The number of nitrogens with zero attached hydrogens (tertiary/aromatic N) is 2. The van der Waals surface area contributed by atoms with Crippen molar-refractivity contribution in [2.45, 2.75) is 99.3 Å². The summed E-state index contributed by atoms with van der Waals surface area (Å²) in [6, 6.07) is 8.94. The van der Waals surface area contributed by atoms with Crippen LogP contribution in [0.3, 0.4) is 0 Å². The van der Waals surface area contributed by atoms with Crippen LogP contribution in [0.2, 0.25) is 15.1 Å². The van der Waals surface area contributed by atoms with Crippen molar-refractivity contribution >= 4 is 66.5 Å². The summed E-state index contributed by atoms with van der Waals surface area (Å²) in [7, 11) is -7.38. The van der Waals surface area contributed by atoms with Crippen molar-refractivity contribution in [3.8, 4) is 0 Å². The topological polar surface area (TPSA) is 124 Å². The zero-order chi connectivity index (χ0) is 34.5. The first kappa shape index (κ1) is 37.7. The summed E-state index contributed by atoms with van der Waals surface area (Å²) in [5, 5.41) is 10.3. The van der Waals surface area contributed by atoms with Gasteiger partial charge in [-0.2, -0.15) is 4.31 Å². The third-order valence-corrected chi connectivity index (χ3v) is 14.8. The SMILES string of the molecule is O=C(O)C1CCCC(NS(=O)(=O)c2ccc(N3CCC(CCCCCC4CCN(S(=O)(=O)c5ccc(Cl)c(Cl)c5)CC4)CC3)c(Cl)c2)C1. The minimum atomic E-state index is -3.81. The summed E-state index contributed by atoms with van der Waals surface area (Å²) in [6.45, 7) is 2.80. The van der Waals surface area contributed by atoms with Gasteiger partial charge in [0, 0.05) is 32.2 Å². The molecule has 0 spiro atoms. The number of piperidine rings is 2. The normalized spacial score (nSPS) is 22.2. The number of halogens is 3. The van der Waals surface area contributed by atoms with Gasteiger partial charge in [0.15, 0.2) is 0 Å². The van der Waals surface area contributed by atoms with Gasteiger partial charge in [-0.15, -0.1) is 0 Å². The first-order valence-corrected chi connectivity index (χ1v) is 21.1. The van der Waals surface area contributed by atoms with Gasteiger partial charge in [-0.3, -0.25) is 4.79 Å². The van der Waals surface area contributed by atoms with Gasteiger partial charge in [-0.05, 0) is 93.2 Å². The zero-order valence-electron chi connectivity index (χ0n) is 27.1. The molecule has 48 heavy (non-hydrogen) atoms. The Morgan fingerprint density at radius 3 is 1.96 bits per heavy atom. The highest BCUT2D eigenvalue weighted by Crippen LogP contribution is 2.35. The van der Waals surface area contributed by atoms with Crippen molar-refractivity contribution in [2.75, 3.05) is 31.1 Å². The molecule has 2 atom stereocenters. The fourth-order valence-electron chi connectivity index (χ4n) is 7.45. The number of carbonyl (C=O) groups is 1. The van der Waals surface area contributed by atoms with E-state index in [0.29, 0.717) is 60.7 Å². The van der Waals surface area contributed by atoms with Crippen LogP contribution < -0.4 is 9.62 Å². The van der Waals surface area contributed by atoms with Crippen LogP contribution in [0.25, 0.3) is 0 Å². The highest BCUT2D eigenvalue weighted by atomic mass is 35.5. The van der Waals surface area contributed by atoms with Crippen molar-refractivity contribution in [1.82, 2.24) is 9.03 Å². The molecule has 3 aliphatic rings. The molecule has 0 bridgehead atoms. The predicted octanol–water partition coefficient (Wildman–Crippen LogP) is 7.84. The van der Waals surface area contributed by atoms with E-state index in [4.69, 9.17) is 34.8 Å². The number of aliphatic carboxylic acids is 1. The second kappa shape index (κ2) is 16.6. The molecule has 0 amide bonds. The Bertz CT molecular complexity index is 1640. The number of benzene rings is 2. The predicted molar refractivity (Wildman–Crippen MR) is 191 cm³/mol. The minimum absolute atomic E-state index is 0.0995. The smallest absolute Gasteiger partial charge is 0.306 e. The van der Waals surface area contributed by atoms with Crippen molar-refractivity contribution in [3.05, 3.63) is 51.5 Å². The average molecular weight is 763 g/mol. The van der Waals surface area contributed by atoms with Crippen molar-refractivity contribution in [3.63, 3.8) is 0 Å². The lowest BCUT2D eigenvalue weighted by molar-refractivity contribution is -0.143. The third kappa shape index (κ3) is 9.59. The number of anilines is 1. The van der Waals surface area contributed by atoms with E-state index < -0.39 is 38.0 Å². The molecule has 9 nitrogen and oxygen atoms in total. The largest absolute Gasteiger partial charge is 0.481 e. The summed E-state index contributed by atoms with van der Waals surface area (Å²) in [5.41, 5.74) is 0.841. The Balaban J connectivity index is 0.989. The van der Waals surface area contributed by atoms with Crippen LogP contribution in [0.5, 0.6) is 0 Å². The van der Waals surface area contributed by atoms with E-state index in [9.17, 15) is 26.7 Å². The molecule has 1 saturated carbocycles. The lowest BCUT2D eigenvalue weighted by Gasteiger charge is -2.34. The van der Waals surface area contributed by atoms with Gasteiger partial charge in [0.05, 0.1) is 36.5 Å². The first-order chi connectivity index (χ1) is 22.8. The molecule has 2 saturated heterocycles. The molecule has 5 rings (SSSR count). The van der Waals surface area contributed by atoms with Gasteiger partial charge in [0.25, 0.3) is 0 Å². The van der Waals surface area contributed by atoms with Crippen molar-refractivity contribution in [1.29, 1.82) is 0 Å². The summed E-state index contributed by atoms with van der Waals surface area (Å²) in [6.07, 6.45) is 11.9.